The zero-order chi connectivity index (χ0) is 6.99. The highest BCUT2D eigenvalue weighted by molar-refractivity contribution is 5.75. The summed E-state index contributed by atoms with van der Waals surface area (Å²) in [5.41, 5.74) is 4.85. The van der Waals surface area contributed by atoms with E-state index in [4.69, 9.17) is 10.8 Å². The first kappa shape index (κ1) is 15.8. The minimum atomic E-state index is -0.745. The molecule has 53 valence electrons. The topological polar surface area (TPSA) is 63.3 Å². The number of nitrogens with two attached hydrogens (primary N) is 1. The lowest BCUT2D eigenvalue weighted by molar-refractivity contribution is -0.136. The van der Waals surface area contributed by atoms with Crippen LogP contribution in [0.5, 0.6) is 0 Å². The van der Waals surface area contributed by atoms with E-state index >= 15 is 0 Å². The Balaban J connectivity index is -0.0000000800. The summed E-state index contributed by atoms with van der Waals surface area (Å²) in [6.07, 6.45) is 0.222. The quantitative estimate of drug-likeness (QED) is 0.493. The Kier molecular flexibility index (Phi) is 27.5. The van der Waals surface area contributed by atoms with Crippen LogP contribution in [0.25, 0.3) is 0 Å². The monoisotopic (exact) mass is 130 g/mol. The van der Waals surface area contributed by atoms with Gasteiger partial charge in [0.25, 0.3) is 0 Å². The van der Waals surface area contributed by atoms with E-state index < -0.39 is 5.97 Å². The average molecular weight is 130 g/mol. The highest BCUT2D eigenvalue weighted by Crippen LogP contribution is 1.67. The molecule has 0 atom stereocenters. The summed E-state index contributed by atoms with van der Waals surface area (Å²) < 4.78 is 0. The van der Waals surface area contributed by atoms with Gasteiger partial charge in [0.1, 0.15) is 0 Å². The highest BCUT2D eigenvalue weighted by Gasteiger charge is 1.80. The molecular formula is C5H13BNO2. The molecule has 0 saturated heterocycles. The van der Waals surface area contributed by atoms with Crippen molar-refractivity contribution in [3.05, 3.63) is 0 Å². The van der Waals surface area contributed by atoms with Crippen LogP contribution >= 0.6 is 0 Å². The lowest BCUT2D eigenvalue weighted by Gasteiger charge is -1.71. The molecule has 4 heteroatoms. The molecule has 0 spiro atoms. The Bertz CT molecular complexity index is 58.9. The van der Waals surface area contributed by atoms with Crippen LogP contribution in [-0.2, 0) is 4.79 Å². The van der Waals surface area contributed by atoms with Crippen molar-refractivity contribution in [2.45, 2.75) is 20.3 Å². The zero-order valence-corrected chi connectivity index (χ0v) is 5.92. The van der Waals surface area contributed by atoms with Gasteiger partial charge in [0.05, 0.1) is 0 Å². The number of carboxylic acids is 1. The number of aliphatic carboxylic acids is 1. The van der Waals surface area contributed by atoms with E-state index in [2.05, 4.69) is 0 Å². The standard InChI is InChI=1S/C3H6O2.C2H7N.B/c1-2-3(4)5;1-2-3;/h2H2,1H3,(H,4,5);2-3H2,1H3;. The van der Waals surface area contributed by atoms with E-state index in [-0.39, 0.29) is 14.8 Å². The van der Waals surface area contributed by atoms with Gasteiger partial charge in [0.2, 0.25) is 0 Å². The second-order valence-electron chi connectivity index (χ2n) is 1.16. The van der Waals surface area contributed by atoms with Crippen molar-refractivity contribution in [3.8, 4) is 0 Å². The van der Waals surface area contributed by atoms with E-state index in [1.54, 1.807) is 6.92 Å². The highest BCUT2D eigenvalue weighted by atomic mass is 16.4. The number of rotatable bonds is 1. The minimum Gasteiger partial charge on any atom is -0.481 e. The van der Waals surface area contributed by atoms with Crippen molar-refractivity contribution in [1.82, 2.24) is 0 Å². The van der Waals surface area contributed by atoms with E-state index in [1.807, 2.05) is 6.92 Å². The molecule has 0 aromatic carbocycles. The summed E-state index contributed by atoms with van der Waals surface area (Å²) in [5.74, 6) is -0.745. The second-order valence-corrected chi connectivity index (χ2v) is 1.16. The molecule has 3 N–H and O–H groups in total. The molecule has 0 aromatic heterocycles. The van der Waals surface area contributed by atoms with Crippen LogP contribution in [-0.4, -0.2) is 26.0 Å². The first-order valence-electron chi connectivity index (χ1n) is 2.60. The van der Waals surface area contributed by atoms with Crippen molar-refractivity contribution in [3.63, 3.8) is 0 Å². The molecular weight excluding hydrogens is 117 g/mol. The summed E-state index contributed by atoms with van der Waals surface area (Å²) >= 11 is 0. The second kappa shape index (κ2) is 15.6. The van der Waals surface area contributed by atoms with Gasteiger partial charge in [-0.25, -0.2) is 0 Å². The van der Waals surface area contributed by atoms with Gasteiger partial charge in [-0.3, -0.25) is 4.79 Å². The molecule has 0 fully saturated rings. The fourth-order valence-electron chi connectivity index (χ4n) is 0. The Morgan fingerprint density at radius 1 is 1.56 bits per heavy atom. The molecule has 0 rings (SSSR count). The molecule has 0 aliphatic carbocycles. The summed E-state index contributed by atoms with van der Waals surface area (Å²) in [6.45, 7) is 4.25. The minimum absolute atomic E-state index is 0. The van der Waals surface area contributed by atoms with Crippen LogP contribution in [0.1, 0.15) is 20.3 Å². The lowest BCUT2D eigenvalue weighted by atomic mass is 10.5. The van der Waals surface area contributed by atoms with Gasteiger partial charge in [0, 0.05) is 14.8 Å². The van der Waals surface area contributed by atoms with Crippen molar-refractivity contribution in [1.29, 1.82) is 0 Å². The lowest BCUT2D eigenvalue weighted by Crippen LogP contribution is -1.87. The normalized spacial score (nSPS) is 6.11. The van der Waals surface area contributed by atoms with Crippen molar-refractivity contribution in [2.24, 2.45) is 5.73 Å². The first-order valence-corrected chi connectivity index (χ1v) is 2.60. The Labute approximate surface area is 57.8 Å². The van der Waals surface area contributed by atoms with Gasteiger partial charge in [-0.15, -0.1) is 0 Å². The molecule has 0 aliphatic heterocycles. The number of carbonyl (C=O) groups is 1. The third-order valence-electron chi connectivity index (χ3n) is 0.302. The van der Waals surface area contributed by atoms with Gasteiger partial charge in [-0.1, -0.05) is 13.8 Å². The third-order valence-corrected chi connectivity index (χ3v) is 0.302. The molecule has 9 heavy (non-hydrogen) atoms. The molecule has 3 nitrogen and oxygen atoms in total. The van der Waals surface area contributed by atoms with Gasteiger partial charge in [-0.05, 0) is 6.54 Å². The van der Waals surface area contributed by atoms with E-state index in [0.717, 1.165) is 6.54 Å². The number of hydrogen-bond acceptors (Lipinski definition) is 2. The van der Waals surface area contributed by atoms with E-state index in [0.29, 0.717) is 0 Å². The zero-order valence-electron chi connectivity index (χ0n) is 5.92. The summed E-state index contributed by atoms with van der Waals surface area (Å²) in [6, 6.07) is 0. The maximum Gasteiger partial charge on any atom is 0.303 e. The largest absolute Gasteiger partial charge is 0.481 e. The SMILES string of the molecule is CCC(=O)O.CCN.[B]. The van der Waals surface area contributed by atoms with Gasteiger partial charge in [-0.2, -0.15) is 0 Å². The van der Waals surface area contributed by atoms with Crippen LogP contribution in [0, 0.1) is 0 Å². The van der Waals surface area contributed by atoms with Crippen molar-refractivity contribution >= 4 is 14.4 Å². The maximum absolute atomic E-state index is 9.37. The number of hydrogen-bond donors (Lipinski definition) is 2. The molecule has 0 aromatic rings. The molecule has 3 radical (unpaired) electrons. The number of carboxylic acid groups (broad SMARTS) is 1. The van der Waals surface area contributed by atoms with Crippen LogP contribution < -0.4 is 5.73 Å². The molecule has 0 unspecified atom stereocenters. The van der Waals surface area contributed by atoms with Gasteiger partial charge in [0.15, 0.2) is 0 Å². The van der Waals surface area contributed by atoms with Crippen LogP contribution in [0.15, 0.2) is 0 Å². The van der Waals surface area contributed by atoms with E-state index in [9.17, 15) is 4.79 Å². The summed E-state index contributed by atoms with van der Waals surface area (Å²) in [4.78, 5) is 9.37. The molecule has 0 aliphatic rings. The van der Waals surface area contributed by atoms with Crippen molar-refractivity contribution in [2.75, 3.05) is 6.54 Å². The third kappa shape index (κ3) is 101. The fraction of sp³-hybridized carbons (Fsp3) is 0.800. The van der Waals surface area contributed by atoms with Crippen molar-refractivity contribution < 1.29 is 9.90 Å². The Morgan fingerprint density at radius 2 is 1.67 bits per heavy atom. The molecule has 0 bridgehead atoms. The van der Waals surface area contributed by atoms with Crippen LogP contribution in [0.2, 0.25) is 0 Å². The molecule has 0 heterocycles. The van der Waals surface area contributed by atoms with E-state index in [1.165, 1.54) is 0 Å². The first-order chi connectivity index (χ1) is 3.68. The van der Waals surface area contributed by atoms with Gasteiger partial charge < -0.3 is 10.8 Å². The summed E-state index contributed by atoms with van der Waals surface area (Å²) in [5, 5.41) is 7.72. The maximum atomic E-state index is 9.37. The average Bonchev–Trinajstić information content (AvgIpc) is 1.69. The fourth-order valence-corrected chi connectivity index (χ4v) is 0. The summed E-state index contributed by atoms with van der Waals surface area (Å²) in [7, 11) is 0. The predicted octanol–water partition coefficient (Wildman–Crippen LogP) is 0.0652. The van der Waals surface area contributed by atoms with Gasteiger partial charge >= 0.3 is 5.97 Å². The predicted molar refractivity (Wildman–Crippen MR) is 38.4 cm³/mol. The Hall–Kier alpha value is -0.505. The molecule has 0 saturated carbocycles. The molecule has 0 amide bonds. The Morgan fingerprint density at radius 3 is 1.67 bits per heavy atom. The smallest absolute Gasteiger partial charge is 0.303 e. The van der Waals surface area contributed by atoms with Crippen LogP contribution in [0.4, 0.5) is 0 Å². The van der Waals surface area contributed by atoms with Crippen LogP contribution in [0.3, 0.4) is 0 Å².